The molecule has 0 aromatic heterocycles. The minimum Gasteiger partial charge on any atom is -0.338 e. The highest BCUT2D eigenvalue weighted by molar-refractivity contribution is 14.1. The highest BCUT2D eigenvalue weighted by Gasteiger charge is 2.37. The highest BCUT2D eigenvalue weighted by Crippen LogP contribution is 2.30. The van der Waals surface area contributed by atoms with Gasteiger partial charge in [-0.05, 0) is 33.1 Å². The molecule has 2 atom stereocenters. The Bertz CT molecular complexity index is 222. The number of alkyl halides is 1. The van der Waals surface area contributed by atoms with Crippen LogP contribution in [0, 0.1) is 11.8 Å². The molecule has 0 aliphatic carbocycles. The maximum Gasteiger partial charge on any atom is 0.226 e. The van der Waals surface area contributed by atoms with Crippen molar-refractivity contribution in [2.24, 2.45) is 11.8 Å². The van der Waals surface area contributed by atoms with Gasteiger partial charge in [-0.25, -0.2) is 0 Å². The molecule has 0 aromatic rings. The lowest BCUT2D eigenvalue weighted by Gasteiger charge is -2.43. The van der Waals surface area contributed by atoms with Crippen LogP contribution < -0.4 is 0 Å². The molecule has 14 heavy (non-hydrogen) atoms. The van der Waals surface area contributed by atoms with Gasteiger partial charge in [-0.1, -0.05) is 29.5 Å². The van der Waals surface area contributed by atoms with E-state index in [9.17, 15) is 4.79 Å². The number of carbonyl (C=O) groups excluding carboxylic acids is 1. The van der Waals surface area contributed by atoms with Crippen LogP contribution in [0.5, 0.6) is 0 Å². The molecule has 0 bridgehead atoms. The number of amides is 1. The Hall–Kier alpha value is 0.200. The normalized spacial score (nSPS) is 29.5. The smallest absolute Gasteiger partial charge is 0.226 e. The second-order valence-corrected chi connectivity index (χ2v) is 6.03. The largest absolute Gasteiger partial charge is 0.338 e. The van der Waals surface area contributed by atoms with E-state index in [-0.39, 0.29) is 11.5 Å². The number of piperidine rings is 1. The fourth-order valence-electron chi connectivity index (χ4n) is 1.98. The fraction of sp³-hybridized carbons (Fsp3) is 0.909. The monoisotopic (exact) mass is 309 g/mol. The van der Waals surface area contributed by atoms with Crippen molar-refractivity contribution < 1.29 is 4.79 Å². The summed E-state index contributed by atoms with van der Waals surface area (Å²) in [6.07, 6.45) is 1.16. The van der Waals surface area contributed by atoms with Crippen LogP contribution >= 0.6 is 22.6 Å². The van der Waals surface area contributed by atoms with E-state index in [0.29, 0.717) is 11.8 Å². The molecule has 3 heteroatoms. The Morgan fingerprint density at radius 1 is 1.50 bits per heavy atom. The molecule has 1 aliphatic heterocycles. The number of hydrogen-bond donors (Lipinski definition) is 0. The van der Waals surface area contributed by atoms with Crippen LogP contribution in [0.2, 0.25) is 0 Å². The Balaban J connectivity index is 2.74. The molecule has 82 valence electrons. The summed E-state index contributed by atoms with van der Waals surface area (Å²) in [5.74, 6) is 1.13. The van der Waals surface area contributed by atoms with Gasteiger partial charge in [0.1, 0.15) is 0 Å². The average molecular weight is 309 g/mol. The van der Waals surface area contributed by atoms with Crippen LogP contribution in [0.4, 0.5) is 0 Å². The first-order chi connectivity index (χ1) is 6.38. The summed E-state index contributed by atoms with van der Waals surface area (Å²) >= 11 is 2.39. The number of halogens is 1. The summed E-state index contributed by atoms with van der Waals surface area (Å²) in [6, 6.07) is 0. The first-order valence-corrected chi connectivity index (χ1v) is 6.78. The van der Waals surface area contributed by atoms with E-state index >= 15 is 0 Å². The second-order valence-electron chi connectivity index (χ2n) is 5.15. The zero-order chi connectivity index (χ0) is 10.9. The molecule has 1 rings (SSSR count). The number of likely N-dealkylation sites (tertiary alicyclic amines) is 1. The van der Waals surface area contributed by atoms with Gasteiger partial charge in [-0.15, -0.1) is 0 Å². The van der Waals surface area contributed by atoms with E-state index in [4.69, 9.17) is 0 Å². The van der Waals surface area contributed by atoms with Crippen molar-refractivity contribution in [2.45, 2.75) is 39.7 Å². The molecule has 1 aliphatic rings. The molecule has 0 spiro atoms. The van der Waals surface area contributed by atoms with Gasteiger partial charge in [0, 0.05) is 22.4 Å². The van der Waals surface area contributed by atoms with E-state index < -0.39 is 0 Å². The Kier molecular flexibility index (Phi) is 3.83. The standard InChI is InChI=1S/C11H20INO/c1-8-9(7-12)5-6-13(10(8)14)11(2,3)4/h8-9H,5-7H2,1-4H3. The van der Waals surface area contributed by atoms with Crippen LogP contribution in [0.1, 0.15) is 34.1 Å². The summed E-state index contributed by atoms with van der Waals surface area (Å²) in [6.45, 7) is 9.34. The Morgan fingerprint density at radius 3 is 2.50 bits per heavy atom. The van der Waals surface area contributed by atoms with Gasteiger partial charge in [0.05, 0.1) is 0 Å². The van der Waals surface area contributed by atoms with Crippen LogP contribution in [0.15, 0.2) is 0 Å². The molecule has 0 radical (unpaired) electrons. The average Bonchev–Trinajstić information content (AvgIpc) is 2.07. The van der Waals surface area contributed by atoms with Gasteiger partial charge in [0.25, 0.3) is 0 Å². The van der Waals surface area contributed by atoms with Crippen LogP contribution in [-0.2, 0) is 4.79 Å². The molecule has 0 aromatic carbocycles. The van der Waals surface area contributed by atoms with Gasteiger partial charge in [-0.2, -0.15) is 0 Å². The van der Waals surface area contributed by atoms with Crippen LogP contribution in [0.25, 0.3) is 0 Å². The van der Waals surface area contributed by atoms with E-state index in [1.165, 1.54) is 0 Å². The third-order valence-electron chi connectivity index (χ3n) is 3.09. The quantitative estimate of drug-likeness (QED) is 0.539. The minimum atomic E-state index is -0.0123. The molecule has 0 saturated carbocycles. The van der Waals surface area contributed by atoms with Gasteiger partial charge >= 0.3 is 0 Å². The molecular formula is C11H20INO. The third-order valence-corrected chi connectivity index (χ3v) is 4.23. The zero-order valence-corrected chi connectivity index (χ0v) is 11.7. The summed E-state index contributed by atoms with van der Waals surface area (Å²) in [5, 5.41) is 0. The van der Waals surface area contributed by atoms with Gasteiger partial charge in [0.15, 0.2) is 0 Å². The summed E-state index contributed by atoms with van der Waals surface area (Å²) < 4.78 is 1.10. The van der Waals surface area contributed by atoms with Crippen molar-refractivity contribution in [1.29, 1.82) is 0 Å². The molecule has 2 unspecified atom stereocenters. The topological polar surface area (TPSA) is 20.3 Å². The van der Waals surface area contributed by atoms with Crippen LogP contribution in [-0.4, -0.2) is 27.3 Å². The summed E-state index contributed by atoms with van der Waals surface area (Å²) in [7, 11) is 0. The number of hydrogen-bond acceptors (Lipinski definition) is 1. The Labute approximate surface area is 101 Å². The zero-order valence-electron chi connectivity index (χ0n) is 9.51. The molecule has 1 amide bonds. The van der Waals surface area contributed by atoms with E-state index in [1.807, 2.05) is 4.90 Å². The number of carbonyl (C=O) groups is 1. The van der Waals surface area contributed by atoms with Gasteiger partial charge in [-0.3, -0.25) is 4.79 Å². The second kappa shape index (κ2) is 4.37. The predicted molar refractivity (Wildman–Crippen MR) is 67.6 cm³/mol. The van der Waals surface area contributed by atoms with Crippen molar-refractivity contribution in [1.82, 2.24) is 4.90 Å². The van der Waals surface area contributed by atoms with Crippen molar-refractivity contribution in [3.8, 4) is 0 Å². The minimum absolute atomic E-state index is 0.0123. The van der Waals surface area contributed by atoms with Crippen molar-refractivity contribution >= 4 is 28.5 Å². The lowest BCUT2D eigenvalue weighted by molar-refractivity contribution is -0.145. The maximum absolute atomic E-state index is 12.1. The molecule has 1 fully saturated rings. The molecule has 2 nitrogen and oxygen atoms in total. The van der Waals surface area contributed by atoms with E-state index in [1.54, 1.807) is 0 Å². The highest BCUT2D eigenvalue weighted by atomic mass is 127. The first kappa shape index (κ1) is 12.3. The van der Waals surface area contributed by atoms with Crippen molar-refractivity contribution in [2.75, 3.05) is 11.0 Å². The molecule has 0 N–H and O–H groups in total. The summed E-state index contributed by atoms with van der Waals surface area (Å²) in [5.41, 5.74) is -0.0123. The van der Waals surface area contributed by atoms with Gasteiger partial charge in [0.2, 0.25) is 5.91 Å². The van der Waals surface area contributed by atoms with Crippen molar-refractivity contribution in [3.63, 3.8) is 0 Å². The molecular weight excluding hydrogens is 289 g/mol. The number of nitrogens with zero attached hydrogens (tertiary/aromatic N) is 1. The Morgan fingerprint density at radius 2 is 2.07 bits per heavy atom. The van der Waals surface area contributed by atoms with E-state index in [0.717, 1.165) is 17.4 Å². The van der Waals surface area contributed by atoms with Crippen LogP contribution in [0.3, 0.4) is 0 Å². The summed E-state index contributed by atoms with van der Waals surface area (Å²) in [4.78, 5) is 14.1. The SMILES string of the molecule is CC1C(=O)N(C(C)(C)C)CCC1CI. The lowest BCUT2D eigenvalue weighted by atomic mass is 9.85. The van der Waals surface area contributed by atoms with Gasteiger partial charge < -0.3 is 4.90 Å². The first-order valence-electron chi connectivity index (χ1n) is 5.25. The lowest BCUT2D eigenvalue weighted by Crippen LogP contribution is -2.53. The maximum atomic E-state index is 12.1. The third kappa shape index (κ3) is 2.41. The predicted octanol–water partition coefficient (Wildman–Crippen LogP) is 2.70. The molecule has 1 heterocycles. The number of rotatable bonds is 1. The van der Waals surface area contributed by atoms with E-state index in [2.05, 4.69) is 50.3 Å². The molecule has 1 saturated heterocycles. The van der Waals surface area contributed by atoms with Crippen molar-refractivity contribution in [3.05, 3.63) is 0 Å². The fourth-order valence-corrected chi connectivity index (χ4v) is 3.18.